The zero-order chi connectivity index (χ0) is 13.5. The molecular weight excluding hydrogens is 246 g/mol. The minimum absolute atomic E-state index is 0.308. The predicted octanol–water partition coefficient (Wildman–Crippen LogP) is 4.23. The minimum Gasteiger partial charge on any atom is -0.366 e. The van der Waals surface area contributed by atoms with Crippen molar-refractivity contribution in [1.29, 1.82) is 5.26 Å². The maximum atomic E-state index is 8.89. The number of halogens is 1. The summed E-state index contributed by atoms with van der Waals surface area (Å²) in [5, 5.41) is 12.6. The summed E-state index contributed by atoms with van der Waals surface area (Å²) in [6.07, 6.45) is 5.09. The molecule has 0 radical (unpaired) electrons. The smallest absolute Gasteiger partial charge is 0.146 e. The van der Waals surface area contributed by atoms with Crippen LogP contribution in [-0.4, -0.2) is 11.0 Å². The van der Waals surface area contributed by atoms with Crippen LogP contribution >= 0.6 is 11.6 Å². The van der Waals surface area contributed by atoms with E-state index < -0.39 is 0 Å². The Morgan fingerprint density at radius 2 is 2.11 bits per heavy atom. The van der Waals surface area contributed by atoms with E-state index in [4.69, 9.17) is 16.9 Å². The van der Waals surface area contributed by atoms with Crippen LogP contribution in [0.4, 0.5) is 5.82 Å². The van der Waals surface area contributed by atoms with E-state index in [1.54, 1.807) is 12.3 Å². The van der Waals surface area contributed by atoms with Gasteiger partial charge in [0.05, 0.1) is 5.56 Å². The van der Waals surface area contributed by atoms with Crippen LogP contribution in [-0.2, 0) is 0 Å². The van der Waals surface area contributed by atoms with E-state index in [1.807, 2.05) is 0 Å². The first-order valence-corrected chi connectivity index (χ1v) is 6.73. The molecule has 0 bridgehead atoms. The van der Waals surface area contributed by atoms with Crippen molar-refractivity contribution in [2.24, 2.45) is 5.92 Å². The molecule has 0 spiro atoms. The first-order chi connectivity index (χ1) is 8.54. The van der Waals surface area contributed by atoms with Crippen molar-refractivity contribution in [2.75, 3.05) is 5.32 Å². The highest BCUT2D eigenvalue weighted by molar-refractivity contribution is 6.34. The molecule has 0 aromatic carbocycles. The van der Waals surface area contributed by atoms with E-state index >= 15 is 0 Å². The molecule has 3 nitrogen and oxygen atoms in total. The van der Waals surface area contributed by atoms with Crippen LogP contribution in [0.5, 0.6) is 0 Å². The fourth-order valence-corrected chi connectivity index (χ4v) is 1.98. The molecule has 1 unspecified atom stereocenters. The van der Waals surface area contributed by atoms with Gasteiger partial charge in [0, 0.05) is 12.2 Å². The average molecular weight is 266 g/mol. The molecule has 0 amide bonds. The van der Waals surface area contributed by atoms with Crippen LogP contribution in [0.1, 0.15) is 45.6 Å². The number of nitrogens with one attached hydrogen (secondary N) is 1. The minimum atomic E-state index is 0.308. The van der Waals surface area contributed by atoms with E-state index in [9.17, 15) is 0 Å². The van der Waals surface area contributed by atoms with Crippen molar-refractivity contribution in [3.05, 3.63) is 22.8 Å². The Balaban J connectivity index is 2.54. The number of nitrogens with zero attached hydrogens (tertiary/aromatic N) is 2. The van der Waals surface area contributed by atoms with E-state index in [1.165, 1.54) is 12.8 Å². The lowest BCUT2D eigenvalue weighted by molar-refractivity contribution is 0.520. The number of anilines is 1. The largest absolute Gasteiger partial charge is 0.366 e. The second kappa shape index (κ2) is 7.23. The van der Waals surface area contributed by atoms with Crippen molar-refractivity contribution in [3.63, 3.8) is 0 Å². The number of aromatic nitrogens is 1. The molecular formula is C14H20ClN3. The van der Waals surface area contributed by atoms with Crippen LogP contribution < -0.4 is 5.32 Å². The monoisotopic (exact) mass is 265 g/mol. The van der Waals surface area contributed by atoms with Gasteiger partial charge in [-0.15, -0.1) is 0 Å². The number of hydrogen-bond donors (Lipinski definition) is 1. The Hall–Kier alpha value is -1.27. The second-order valence-electron chi connectivity index (χ2n) is 5.00. The zero-order valence-corrected chi connectivity index (χ0v) is 12.0. The Kier molecular flexibility index (Phi) is 5.94. The zero-order valence-electron chi connectivity index (χ0n) is 11.2. The third kappa shape index (κ3) is 4.54. The van der Waals surface area contributed by atoms with Gasteiger partial charge in [-0.05, 0) is 25.3 Å². The lowest BCUT2D eigenvalue weighted by Gasteiger charge is -2.16. The predicted molar refractivity (Wildman–Crippen MR) is 75.7 cm³/mol. The summed E-state index contributed by atoms with van der Waals surface area (Å²) < 4.78 is 0. The molecule has 1 rings (SSSR count). The van der Waals surface area contributed by atoms with E-state index in [0.717, 1.165) is 12.3 Å². The fraction of sp³-hybridized carbons (Fsp3) is 0.571. The topological polar surface area (TPSA) is 48.7 Å². The van der Waals surface area contributed by atoms with E-state index in [-0.39, 0.29) is 0 Å². The first kappa shape index (κ1) is 14.8. The Labute approximate surface area is 114 Å². The van der Waals surface area contributed by atoms with Crippen LogP contribution in [0.15, 0.2) is 12.3 Å². The summed E-state index contributed by atoms with van der Waals surface area (Å²) in [4.78, 5) is 4.18. The second-order valence-corrected chi connectivity index (χ2v) is 5.38. The standard InChI is InChI=1S/C14H20ClN3/c1-10(2)5-4-6-11(3)18-14-13(15)12(9-16)7-8-17-14/h7-8,10-11H,4-6H2,1-3H3,(H,17,18). The van der Waals surface area contributed by atoms with E-state index in [2.05, 4.69) is 37.1 Å². The molecule has 0 aliphatic heterocycles. The molecule has 0 saturated heterocycles. The molecule has 0 aliphatic rings. The van der Waals surface area contributed by atoms with Gasteiger partial charge in [0.1, 0.15) is 16.9 Å². The van der Waals surface area contributed by atoms with Gasteiger partial charge in [-0.3, -0.25) is 0 Å². The van der Waals surface area contributed by atoms with Gasteiger partial charge >= 0.3 is 0 Å². The van der Waals surface area contributed by atoms with Crippen molar-refractivity contribution in [2.45, 2.75) is 46.1 Å². The molecule has 1 aromatic rings. The third-order valence-electron chi connectivity index (χ3n) is 2.81. The van der Waals surface area contributed by atoms with Gasteiger partial charge < -0.3 is 5.32 Å². The molecule has 1 atom stereocenters. The lowest BCUT2D eigenvalue weighted by Crippen LogP contribution is -2.16. The van der Waals surface area contributed by atoms with Crippen molar-refractivity contribution >= 4 is 17.4 Å². The summed E-state index contributed by atoms with van der Waals surface area (Å²) in [5.41, 5.74) is 0.462. The maximum Gasteiger partial charge on any atom is 0.146 e. The lowest BCUT2D eigenvalue weighted by atomic mass is 10.0. The van der Waals surface area contributed by atoms with Crippen LogP contribution in [0, 0.1) is 17.2 Å². The van der Waals surface area contributed by atoms with Crippen molar-refractivity contribution in [3.8, 4) is 6.07 Å². The van der Waals surface area contributed by atoms with Gasteiger partial charge in [0.25, 0.3) is 0 Å². The Bertz CT molecular complexity index is 424. The Morgan fingerprint density at radius 1 is 1.39 bits per heavy atom. The first-order valence-electron chi connectivity index (χ1n) is 6.35. The summed E-state index contributed by atoms with van der Waals surface area (Å²) in [7, 11) is 0. The van der Waals surface area contributed by atoms with Gasteiger partial charge in [0.2, 0.25) is 0 Å². The maximum absolute atomic E-state index is 8.89. The average Bonchev–Trinajstić information content (AvgIpc) is 2.31. The molecule has 98 valence electrons. The number of rotatable bonds is 6. The van der Waals surface area contributed by atoms with E-state index in [0.29, 0.717) is 22.4 Å². The summed E-state index contributed by atoms with van der Waals surface area (Å²) in [6, 6.07) is 3.99. The van der Waals surface area contributed by atoms with Gasteiger partial charge in [-0.1, -0.05) is 38.3 Å². The Morgan fingerprint density at radius 3 is 2.72 bits per heavy atom. The molecule has 0 fully saturated rings. The quantitative estimate of drug-likeness (QED) is 0.837. The van der Waals surface area contributed by atoms with Crippen molar-refractivity contribution < 1.29 is 0 Å². The summed E-state index contributed by atoms with van der Waals surface area (Å²) in [5.74, 6) is 1.34. The van der Waals surface area contributed by atoms with Gasteiger partial charge in [0.15, 0.2) is 0 Å². The van der Waals surface area contributed by atoms with Crippen molar-refractivity contribution in [1.82, 2.24) is 4.98 Å². The molecule has 1 N–H and O–H groups in total. The van der Waals surface area contributed by atoms with Gasteiger partial charge in [-0.2, -0.15) is 5.26 Å². The number of hydrogen-bond acceptors (Lipinski definition) is 3. The number of nitriles is 1. The van der Waals surface area contributed by atoms with Crippen LogP contribution in [0.25, 0.3) is 0 Å². The third-order valence-corrected chi connectivity index (χ3v) is 3.19. The van der Waals surface area contributed by atoms with Crippen LogP contribution in [0.3, 0.4) is 0 Å². The van der Waals surface area contributed by atoms with Crippen LogP contribution in [0.2, 0.25) is 5.02 Å². The molecule has 4 heteroatoms. The summed E-state index contributed by atoms with van der Waals surface area (Å²) >= 11 is 6.09. The number of pyridine rings is 1. The molecule has 18 heavy (non-hydrogen) atoms. The molecule has 1 heterocycles. The molecule has 1 aromatic heterocycles. The fourth-order valence-electron chi connectivity index (χ4n) is 1.77. The SMILES string of the molecule is CC(C)CCCC(C)Nc1nccc(C#N)c1Cl. The highest BCUT2D eigenvalue weighted by Gasteiger charge is 2.10. The highest BCUT2D eigenvalue weighted by atomic mass is 35.5. The summed E-state index contributed by atoms with van der Waals surface area (Å²) in [6.45, 7) is 6.57. The van der Waals surface area contributed by atoms with Gasteiger partial charge in [-0.25, -0.2) is 4.98 Å². The highest BCUT2D eigenvalue weighted by Crippen LogP contribution is 2.24. The molecule has 0 saturated carbocycles. The normalized spacial score (nSPS) is 12.2. The molecule has 0 aliphatic carbocycles.